The smallest absolute Gasteiger partial charge is 0.313 e. The third-order valence-electron chi connectivity index (χ3n) is 2.20. The minimum Gasteiger partial charge on any atom is -0.466 e. The van der Waals surface area contributed by atoms with Crippen LogP contribution in [0, 0.1) is 0 Å². The number of hydrogen-bond donors (Lipinski definition) is 0. The van der Waals surface area contributed by atoms with Crippen molar-refractivity contribution in [3.8, 4) is 0 Å². The molecule has 1 aromatic heterocycles. The average molecular weight is 295 g/mol. The molecule has 1 heterocycles. The van der Waals surface area contributed by atoms with Crippen LogP contribution in [0.1, 0.15) is 12.7 Å². The van der Waals surface area contributed by atoms with Gasteiger partial charge in [0.05, 0.1) is 12.1 Å². The zero-order chi connectivity index (χ0) is 12.3. The summed E-state index contributed by atoms with van der Waals surface area (Å²) < 4.78 is 5.83. The highest BCUT2D eigenvalue weighted by Gasteiger charge is 2.07. The molecule has 17 heavy (non-hydrogen) atoms. The number of nitrogens with zero attached hydrogens (tertiary/aromatic N) is 2. The first-order valence-electron chi connectivity index (χ1n) is 5.26. The normalized spacial score (nSPS) is 10.5. The van der Waals surface area contributed by atoms with Crippen LogP contribution in [0.15, 0.2) is 28.9 Å². The van der Waals surface area contributed by atoms with Crippen LogP contribution in [0.4, 0.5) is 0 Å². The first-order valence-corrected chi connectivity index (χ1v) is 6.05. The number of carbonyl (C=O) groups is 1. The van der Waals surface area contributed by atoms with E-state index in [-0.39, 0.29) is 12.4 Å². The lowest BCUT2D eigenvalue weighted by Crippen LogP contribution is -2.10. The predicted octanol–water partition coefficient (Wildman–Crippen LogP) is 2.50. The van der Waals surface area contributed by atoms with E-state index in [1.54, 1.807) is 13.1 Å². The van der Waals surface area contributed by atoms with Crippen LogP contribution in [0.3, 0.4) is 0 Å². The molecule has 4 nitrogen and oxygen atoms in total. The van der Waals surface area contributed by atoms with Gasteiger partial charge in [0.15, 0.2) is 0 Å². The molecule has 0 atom stereocenters. The van der Waals surface area contributed by atoms with Crippen molar-refractivity contribution in [3.05, 3.63) is 34.7 Å². The van der Waals surface area contributed by atoms with Crippen molar-refractivity contribution in [2.75, 3.05) is 6.61 Å². The highest BCUT2D eigenvalue weighted by atomic mass is 79.9. The predicted molar refractivity (Wildman–Crippen MR) is 67.6 cm³/mol. The third kappa shape index (κ3) is 3.00. The molecule has 0 unspecified atom stereocenters. The zero-order valence-corrected chi connectivity index (χ0v) is 10.9. The van der Waals surface area contributed by atoms with Gasteiger partial charge in [0.1, 0.15) is 12.2 Å². The van der Waals surface area contributed by atoms with Crippen LogP contribution in [-0.2, 0) is 16.0 Å². The van der Waals surface area contributed by atoms with Crippen LogP contribution in [-0.4, -0.2) is 22.5 Å². The number of fused-ring (bicyclic) bond motifs is 1. The van der Waals surface area contributed by atoms with Crippen LogP contribution in [0.5, 0.6) is 0 Å². The van der Waals surface area contributed by atoms with Crippen molar-refractivity contribution in [2.24, 2.45) is 0 Å². The van der Waals surface area contributed by atoms with Gasteiger partial charge in [-0.1, -0.05) is 15.9 Å². The Kier molecular flexibility index (Phi) is 3.68. The van der Waals surface area contributed by atoms with Gasteiger partial charge in [-0.05, 0) is 25.1 Å². The minimum atomic E-state index is -0.302. The van der Waals surface area contributed by atoms with Gasteiger partial charge >= 0.3 is 5.97 Å². The first-order chi connectivity index (χ1) is 8.19. The molecule has 0 saturated carbocycles. The molecule has 0 bridgehead atoms. The summed E-state index contributed by atoms with van der Waals surface area (Å²) in [6.45, 7) is 2.15. The summed E-state index contributed by atoms with van der Waals surface area (Å²) in [5, 5.41) is 0.937. The van der Waals surface area contributed by atoms with Crippen molar-refractivity contribution in [3.63, 3.8) is 0 Å². The van der Waals surface area contributed by atoms with Gasteiger partial charge in [0, 0.05) is 16.1 Å². The molecule has 5 heteroatoms. The number of halogens is 1. The second-order valence-electron chi connectivity index (χ2n) is 3.47. The molecule has 88 valence electrons. The third-order valence-corrected chi connectivity index (χ3v) is 2.69. The Morgan fingerprint density at radius 2 is 2.29 bits per heavy atom. The number of benzene rings is 1. The topological polar surface area (TPSA) is 52.1 Å². The van der Waals surface area contributed by atoms with Crippen molar-refractivity contribution in [1.82, 2.24) is 9.97 Å². The summed E-state index contributed by atoms with van der Waals surface area (Å²) >= 11 is 3.38. The van der Waals surface area contributed by atoms with Crippen molar-refractivity contribution < 1.29 is 9.53 Å². The van der Waals surface area contributed by atoms with E-state index in [1.807, 2.05) is 18.2 Å². The summed E-state index contributed by atoms with van der Waals surface area (Å²) in [5.41, 5.74) is 0.822. The Labute approximate surface area is 107 Å². The lowest BCUT2D eigenvalue weighted by atomic mass is 10.2. The zero-order valence-electron chi connectivity index (χ0n) is 9.31. The molecule has 0 spiro atoms. The lowest BCUT2D eigenvalue weighted by Gasteiger charge is -2.02. The fraction of sp³-hybridized carbons (Fsp3) is 0.250. The average Bonchev–Trinajstić information content (AvgIpc) is 2.29. The molecule has 0 radical (unpaired) electrons. The summed E-state index contributed by atoms with van der Waals surface area (Å²) in [7, 11) is 0. The van der Waals surface area contributed by atoms with Crippen molar-refractivity contribution in [2.45, 2.75) is 13.3 Å². The summed E-state index contributed by atoms with van der Waals surface area (Å²) in [4.78, 5) is 19.7. The van der Waals surface area contributed by atoms with Gasteiger partial charge in [0.2, 0.25) is 0 Å². The molecule has 0 amide bonds. The number of carbonyl (C=O) groups excluding carboxylic acids is 1. The molecular weight excluding hydrogens is 284 g/mol. The molecular formula is C12H11BrN2O2. The number of aromatic nitrogens is 2. The molecule has 0 aliphatic carbocycles. The van der Waals surface area contributed by atoms with E-state index in [9.17, 15) is 4.79 Å². The maximum absolute atomic E-state index is 11.3. The Hall–Kier alpha value is -1.49. The number of hydrogen-bond acceptors (Lipinski definition) is 4. The fourth-order valence-corrected chi connectivity index (χ4v) is 1.85. The van der Waals surface area contributed by atoms with E-state index >= 15 is 0 Å². The molecule has 0 fully saturated rings. The first kappa shape index (κ1) is 12.0. The Bertz CT molecular complexity index is 557. The van der Waals surface area contributed by atoms with Crippen LogP contribution >= 0.6 is 15.9 Å². The summed E-state index contributed by atoms with van der Waals surface area (Å²) in [6.07, 6.45) is 1.82. The second kappa shape index (κ2) is 5.23. The van der Waals surface area contributed by atoms with Crippen LogP contribution < -0.4 is 0 Å². The summed E-state index contributed by atoms with van der Waals surface area (Å²) in [5.74, 6) is 0.183. The number of ether oxygens (including phenoxy) is 1. The molecule has 2 rings (SSSR count). The Morgan fingerprint density at radius 1 is 1.47 bits per heavy atom. The van der Waals surface area contributed by atoms with Crippen LogP contribution in [0.2, 0.25) is 0 Å². The van der Waals surface area contributed by atoms with E-state index in [4.69, 9.17) is 4.74 Å². The number of rotatable bonds is 3. The van der Waals surface area contributed by atoms with Gasteiger partial charge < -0.3 is 4.74 Å². The standard InChI is InChI=1S/C12H11BrN2O2/c1-2-17-12(16)6-11-14-7-8-5-9(13)3-4-10(8)15-11/h3-5,7H,2,6H2,1H3. The maximum atomic E-state index is 11.3. The van der Waals surface area contributed by atoms with Gasteiger partial charge in [-0.15, -0.1) is 0 Å². The molecule has 2 aromatic rings. The summed E-state index contributed by atoms with van der Waals surface area (Å²) in [6, 6.07) is 5.72. The monoisotopic (exact) mass is 294 g/mol. The fourth-order valence-electron chi connectivity index (χ4n) is 1.47. The molecule has 1 aromatic carbocycles. The van der Waals surface area contributed by atoms with E-state index < -0.39 is 0 Å². The lowest BCUT2D eigenvalue weighted by molar-refractivity contribution is -0.142. The largest absolute Gasteiger partial charge is 0.466 e. The van der Waals surface area contributed by atoms with E-state index in [1.165, 1.54) is 0 Å². The van der Waals surface area contributed by atoms with E-state index in [0.717, 1.165) is 15.4 Å². The molecule has 0 N–H and O–H groups in total. The van der Waals surface area contributed by atoms with E-state index in [2.05, 4.69) is 25.9 Å². The quantitative estimate of drug-likeness (QED) is 0.816. The minimum absolute atomic E-state index is 0.111. The van der Waals surface area contributed by atoms with Gasteiger partial charge in [-0.3, -0.25) is 4.79 Å². The van der Waals surface area contributed by atoms with Crippen molar-refractivity contribution >= 4 is 32.8 Å². The van der Waals surface area contributed by atoms with E-state index in [0.29, 0.717) is 12.4 Å². The van der Waals surface area contributed by atoms with Gasteiger partial charge in [0.25, 0.3) is 0 Å². The van der Waals surface area contributed by atoms with Crippen LogP contribution in [0.25, 0.3) is 10.9 Å². The molecule has 0 aliphatic rings. The van der Waals surface area contributed by atoms with Gasteiger partial charge in [-0.25, -0.2) is 9.97 Å². The molecule has 0 saturated heterocycles. The molecule has 0 aliphatic heterocycles. The highest BCUT2D eigenvalue weighted by Crippen LogP contribution is 2.17. The number of esters is 1. The maximum Gasteiger partial charge on any atom is 0.313 e. The SMILES string of the molecule is CCOC(=O)Cc1ncc2cc(Br)ccc2n1. The highest BCUT2D eigenvalue weighted by molar-refractivity contribution is 9.10. The Balaban J connectivity index is 2.26. The van der Waals surface area contributed by atoms with Crippen molar-refractivity contribution in [1.29, 1.82) is 0 Å². The Morgan fingerprint density at radius 3 is 3.06 bits per heavy atom. The van der Waals surface area contributed by atoms with Gasteiger partial charge in [-0.2, -0.15) is 0 Å². The second-order valence-corrected chi connectivity index (χ2v) is 4.39.